The van der Waals surface area contributed by atoms with Crippen molar-refractivity contribution in [2.45, 2.75) is 33.4 Å². The molecule has 1 N–H and O–H groups in total. The Morgan fingerprint density at radius 1 is 1.21 bits per heavy atom. The fourth-order valence-electron chi connectivity index (χ4n) is 1.70. The van der Waals surface area contributed by atoms with Gasteiger partial charge in [-0.1, -0.05) is 6.07 Å². The number of hydrogen-bond acceptors (Lipinski definition) is 4. The molecule has 0 spiro atoms. The van der Waals surface area contributed by atoms with Crippen LogP contribution in [0, 0.1) is 0 Å². The second-order valence-corrected chi connectivity index (χ2v) is 4.51. The van der Waals surface area contributed by atoms with Crippen LogP contribution in [0.4, 0.5) is 0 Å². The quantitative estimate of drug-likeness (QED) is 0.698. The molecule has 1 rings (SSSR count). The van der Waals surface area contributed by atoms with E-state index in [4.69, 9.17) is 14.2 Å². The maximum atomic E-state index is 5.49. The minimum absolute atomic E-state index is 0.285. The van der Waals surface area contributed by atoms with Gasteiger partial charge in [0.1, 0.15) is 0 Å². The van der Waals surface area contributed by atoms with Crippen molar-refractivity contribution in [1.29, 1.82) is 0 Å². The standard InChI is InChI=1S/C15H25NO3/c1-5-18-14-7-6-13(10-15(14)17-4)11-16-8-9-19-12(2)3/h6-7,10,12,16H,5,8-9,11H2,1-4H3. The number of nitrogens with one attached hydrogen (secondary N) is 1. The molecule has 0 bridgehead atoms. The summed E-state index contributed by atoms with van der Waals surface area (Å²) < 4.78 is 16.3. The van der Waals surface area contributed by atoms with Gasteiger partial charge >= 0.3 is 0 Å². The van der Waals surface area contributed by atoms with Gasteiger partial charge in [-0.05, 0) is 38.5 Å². The Bertz CT molecular complexity index is 366. The molecule has 1 aromatic rings. The molecule has 0 saturated carbocycles. The lowest BCUT2D eigenvalue weighted by Crippen LogP contribution is -2.20. The molecule has 0 radical (unpaired) electrons. The Morgan fingerprint density at radius 3 is 2.63 bits per heavy atom. The van der Waals surface area contributed by atoms with Crippen LogP contribution in [0.15, 0.2) is 18.2 Å². The SMILES string of the molecule is CCOc1ccc(CNCCOC(C)C)cc1OC. The van der Waals surface area contributed by atoms with Crippen LogP contribution in [0.1, 0.15) is 26.3 Å². The van der Waals surface area contributed by atoms with E-state index in [2.05, 4.69) is 5.32 Å². The normalized spacial score (nSPS) is 10.8. The van der Waals surface area contributed by atoms with Crippen molar-refractivity contribution in [3.8, 4) is 11.5 Å². The molecule has 0 aliphatic rings. The summed E-state index contributed by atoms with van der Waals surface area (Å²) in [6.07, 6.45) is 0.285. The first kappa shape index (κ1) is 15.8. The zero-order valence-corrected chi connectivity index (χ0v) is 12.4. The molecule has 1 aromatic carbocycles. The predicted octanol–water partition coefficient (Wildman–Crippen LogP) is 2.61. The van der Waals surface area contributed by atoms with E-state index in [1.165, 1.54) is 5.56 Å². The van der Waals surface area contributed by atoms with Crippen LogP contribution in [0.2, 0.25) is 0 Å². The number of hydrogen-bond donors (Lipinski definition) is 1. The summed E-state index contributed by atoms with van der Waals surface area (Å²) in [6.45, 7) is 9.04. The molecule has 0 heterocycles. The molecule has 0 unspecified atom stereocenters. The lowest BCUT2D eigenvalue weighted by atomic mass is 10.2. The fraction of sp³-hybridized carbons (Fsp3) is 0.600. The van der Waals surface area contributed by atoms with Gasteiger partial charge < -0.3 is 19.5 Å². The number of ether oxygens (including phenoxy) is 3. The van der Waals surface area contributed by atoms with Gasteiger partial charge in [-0.25, -0.2) is 0 Å². The van der Waals surface area contributed by atoms with Crippen molar-refractivity contribution in [3.05, 3.63) is 23.8 Å². The topological polar surface area (TPSA) is 39.7 Å². The molecule has 0 aromatic heterocycles. The molecule has 4 heteroatoms. The van der Waals surface area contributed by atoms with Crippen LogP contribution in [-0.2, 0) is 11.3 Å². The van der Waals surface area contributed by atoms with E-state index < -0.39 is 0 Å². The maximum absolute atomic E-state index is 5.49. The van der Waals surface area contributed by atoms with Gasteiger partial charge in [0.25, 0.3) is 0 Å². The third kappa shape index (κ3) is 5.94. The molecular formula is C15H25NO3. The summed E-state index contributed by atoms with van der Waals surface area (Å²) >= 11 is 0. The number of rotatable bonds is 9. The van der Waals surface area contributed by atoms with E-state index >= 15 is 0 Å². The number of methoxy groups -OCH3 is 1. The Labute approximate surface area is 116 Å². The molecule has 0 amide bonds. The van der Waals surface area contributed by atoms with Crippen LogP contribution in [0.25, 0.3) is 0 Å². The summed E-state index contributed by atoms with van der Waals surface area (Å²) in [6, 6.07) is 6.00. The van der Waals surface area contributed by atoms with Crippen LogP contribution >= 0.6 is 0 Å². The molecule has 0 saturated heterocycles. The zero-order valence-electron chi connectivity index (χ0n) is 12.4. The van der Waals surface area contributed by atoms with E-state index in [0.29, 0.717) is 6.61 Å². The van der Waals surface area contributed by atoms with Crippen molar-refractivity contribution in [1.82, 2.24) is 5.32 Å². The lowest BCUT2D eigenvalue weighted by Gasteiger charge is -2.12. The van der Waals surface area contributed by atoms with Crippen molar-refractivity contribution in [2.75, 3.05) is 26.9 Å². The minimum atomic E-state index is 0.285. The van der Waals surface area contributed by atoms with Crippen LogP contribution < -0.4 is 14.8 Å². The van der Waals surface area contributed by atoms with E-state index in [0.717, 1.165) is 31.2 Å². The van der Waals surface area contributed by atoms with E-state index in [9.17, 15) is 0 Å². The second-order valence-electron chi connectivity index (χ2n) is 4.51. The first-order chi connectivity index (χ1) is 9.17. The third-order valence-electron chi connectivity index (χ3n) is 2.59. The van der Waals surface area contributed by atoms with Crippen molar-refractivity contribution < 1.29 is 14.2 Å². The summed E-state index contributed by atoms with van der Waals surface area (Å²) in [5, 5.41) is 3.34. The Morgan fingerprint density at radius 2 is 2.00 bits per heavy atom. The van der Waals surface area contributed by atoms with Crippen LogP contribution in [-0.4, -0.2) is 33.0 Å². The smallest absolute Gasteiger partial charge is 0.161 e. The van der Waals surface area contributed by atoms with E-state index in [1.54, 1.807) is 7.11 Å². The van der Waals surface area contributed by atoms with Gasteiger partial charge in [-0.2, -0.15) is 0 Å². The Kier molecular flexibility index (Phi) is 7.30. The Balaban J connectivity index is 2.41. The molecule has 0 aliphatic heterocycles. The summed E-state index contributed by atoms with van der Waals surface area (Å²) in [4.78, 5) is 0. The number of benzene rings is 1. The summed E-state index contributed by atoms with van der Waals surface area (Å²) in [7, 11) is 1.66. The maximum Gasteiger partial charge on any atom is 0.161 e. The zero-order chi connectivity index (χ0) is 14.1. The molecule has 0 aliphatic carbocycles. The molecular weight excluding hydrogens is 242 g/mol. The lowest BCUT2D eigenvalue weighted by molar-refractivity contribution is 0.0807. The third-order valence-corrected chi connectivity index (χ3v) is 2.59. The molecule has 19 heavy (non-hydrogen) atoms. The highest BCUT2D eigenvalue weighted by Crippen LogP contribution is 2.27. The Hall–Kier alpha value is -1.26. The van der Waals surface area contributed by atoms with Crippen molar-refractivity contribution in [2.24, 2.45) is 0 Å². The fourth-order valence-corrected chi connectivity index (χ4v) is 1.70. The van der Waals surface area contributed by atoms with Gasteiger partial charge in [-0.15, -0.1) is 0 Å². The van der Waals surface area contributed by atoms with Gasteiger partial charge in [-0.3, -0.25) is 0 Å². The van der Waals surface area contributed by atoms with Gasteiger partial charge in [0.15, 0.2) is 11.5 Å². The first-order valence-corrected chi connectivity index (χ1v) is 6.79. The van der Waals surface area contributed by atoms with Gasteiger partial charge in [0, 0.05) is 13.1 Å². The highest BCUT2D eigenvalue weighted by molar-refractivity contribution is 5.42. The van der Waals surface area contributed by atoms with Gasteiger partial charge in [0.2, 0.25) is 0 Å². The molecule has 0 fully saturated rings. The summed E-state index contributed by atoms with van der Waals surface area (Å²) in [5.74, 6) is 1.57. The molecule has 4 nitrogen and oxygen atoms in total. The summed E-state index contributed by atoms with van der Waals surface area (Å²) in [5.41, 5.74) is 1.17. The highest BCUT2D eigenvalue weighted by atomic mass is 16.5. The van der Waals surface area contributed by atoms with Gasteiger partial charge in [0.05, 0.1) is 26.4 Å². The monoisotopic (exact) mass is 267 g/mol. The van der Waals surface area contributed by atoms with Crippen LogP contribution in [0.5, 0.6) is 11.5 Å². The molecule has 108 valence electrons. The van der Waals surface area contributed by atoms with Crippen molar-refractivity contribution >= 4 is 0 Å². The average Bonchev–Trinajstić information content (AvgIpc) is 2.39. The largest absolute Gasteiger partial charge is 0.493 e. The minimum Gasteiger partial charge on any atom is -0.493 e. The van der Waals surface area contributed by atoms with Crippen molar-refractivity contribution in [3.63, 3.8) is 0 Å². The second kappa shape index (κ2) is 8.77. The highest BCUT2D eigenvalue weighted by Gasteiger charge is 2.04. The van der Waals surface area contributed by atoms with E-state index in [-0.39, 0.29) is 6.10 Å². The first-order valence-electron chi connectivity index (χ1n) is 6.79. The average molecular weight is 267 g/mol. The van der Waals surface area contributed by atoms with E-state index in [1.807, 2.05) is 39.0 Å². The predicted molar refractivity (Wildman–Crippen MR) is 77.0 cm³/mol. The van der Waals surface area contributed by atoms with Crippen LogP contribution in [0.3, 0.4) is 0 Å². The molecule has 0 atom stereocenters.